The lowest BCUT2D eigenvalue weighted by Crippen LogP contribution is -2.44. The van der Waals surface area contributed by atoms with Crippen LogP contribution in [0.5, 0.6) is 0 Å². The molecular weight excluding hydrogens is 308 g/mol. The predicted octanol–water partition coefficient (Wildman–Crippen LogP) is 2.97. The number of benzene rings is 1. The van der Waals surface area contributed by atoms with Crippen molar-refractivity contribution >= 4 is 16.5 Å². The number of nitrogens with zero attached hydrogens (tertiary/aromatic N) is 3. The topological polar surface area (TPSA) is 50.3 Å². The molecule has 1 aliphatic rings. The average Bonchev–Trinajstić information content (AvgIpc) is 3.04. The summed E-state index contributed by atoms with van der Waals surface area (Å²) in [5.41, 5.74) is 1.35. The highest BCUT2D eigenvalue weighted by atomic mass is 32.1. The van der Waals surface area contributed by atoms with E-state index in [1.807, 2.05) is 0 Å². The van der Waals surface area contributed by atoms with Gasteiger partial charge < -0.3 is 10.1 Å². The van der Waals surface area contributed by atoms with Crippen LogP contribution in [0, 0.1) is 0 Å². The van der Waals surface area contributed by atoms with E-state index in [0.29, 0.717) is 5.92 Å². The molecule has 2 heterocycles. The fourth-order valence-corrected chi connectivity index (χ4v) is 3.38. The van der Waals surface area contributed by atoms with Crippen molar-refractivity contribution in [3.05, 3.63) is 40.9 Å². The fraction of sp³-hybridized carbons (Fsp3) is 0.529. The highest BCUT2D eigenvalue weighted by Crippen LogP contribution is 2.22. The second-order valence-corrected chi connectivity index (χ2v) is 7.20. The summed E-state index contributed by atoms with van der Waals surface area (Å²) < 4.78 is 5.87. The molecule has 1 aromatic heterocycles. The molecule has 0 amide bonds. The Balaban J connectivity index is 1.48. The lowest BCUT2D eigenvalue weighted by atomic mass is 10.2. The van der Waals surface area contributed by atoms with Gasteiger partial charge in [-0.2, -0.15) is 0 Å². The van der Waals surface area contributed by atoms with E-state index in [1.54, 1.807) is 11.3 Å². The summed E-state index contributed by atoms with van der Waals surface area (Å²) in [6, 6.07) is 10.6. The average molecular weight is 332 g/mol. The van der Waals surface area contributed by atoms with Crippen molar-refractivity contribution in [2.45, 2.75) is 32.4 Å². The third kappa shape index (κ3) is 4.73. The van der Waals surface area contributed by atoms with E-state index in [-0.39, 0.29) is 6.10 Å². The van der Waals surface area contributed by atoms with Crippen LogP contribution >= 0.6 is 11.3 Å². The molecule has 1 unspecified atom stereocenters. The minimum absolute atomic E-state index is 0.193. The van der Waals surface area contributed by atoms with Crippen molar-refractivity contribution in [3.8, 4) is 0 Å². The van der Waals surface area contributed by atoms with Gasteiger partial charge in [-0.15, -0.1) is 10.2 Å². The van der Waals surface area contributed by atoms with E-state index in [4.69, 9.17) is 4.74 Å². The highest BCUT2D eigenvalue weighted by Gasteiger charge is 2.21. The molecule has 124 valence electrons. The van der Waals surface area contributed by atoms with Crippen LogP contribution in [0.4, 0.5) is 5.13 Å². The molecule has 6 heteroatoms. The first-order valence-corrected chi connectivity index (χ1v) is 8.97. The van der Waals surface area contributed by atoms with Gasteiger partial charge >= 0.3 is 0 Å². The van der Waals surface area contributed by atoms with E-state index < -0.39 is 0 Å². The molecule has 1 N–H and O–H groups in total. The fourth-order valence-electron chi connectivity index (χ4n) is 2.63. The van der Waals surface area contributed by atoms with Gasteiger partial charge in [0.1, 0.15) is 5.01 Å². The molecule has 5 nitrogen and oxygen atoms in total. The maximum absolute atomic E-state index is 5.87. The number of hydrogen-bond acceptors (Lipinski definition) is 6. The van der Waals surface area contributed by atoms with E-state index in [9.17, 15) is 0 Å². The lowest BCUT2D eigenvalue weighted by Gasteiger charge is -2.33. The summed E-state index contributed by atoms with van der Waals surface area (Å²) in [5, 5.41) is 13.7. The van der Waals surface area contributed by atoms with Crippen molar-refractivity contribution < 1.29 is 4.74 Å². The zero-order valence-electron chi connectivity index (χ0n) is 13.7. The molecule has 0 saturated carbocycles. The summed E-state index contributed by atoms with van der Waals surface area (Å²) in [7, 11) is 0. The summed E-state index contributed by atoms with van der Waals surface area (Å²) >= 11 is 1.63. The molecule has 0 spiro atoms. The number of ether oxygens (including phenoxy) is 1. The summed E-state index contributed by atoms with van der Waals surface area (Å²) in [6.07, 6.45) is 0.193. The molecule has 1 saturated heterocycles. The zero-order valence-corrected chi connectivity index (χ0v) is 14.6. The molecule has 1 fully saturated rings. The minimum atomic E-state index is 0.193. The molecule has 3 rings (SSSR count). The maximum Gasteiger partial charge on any atom is 0.205 e. The van der Waals surface area contributed by atoms with Gasteiger partial charge in [0, 0.05) is 32.1 Å². The van der Waals surface area contributed by atoms with Gasteiger partial charge in [-0.25, -0.2) is 0 Å². The predicted molar refractivity (Wildman–Crippen MR) is 93.9 cm³/mol. The zero-order chi connectivity index (χ0) is 16.1. The summed E-state index contributed by atoms with van der Waals surface area (Å²) in [4.78, 5) is 2.45. The third-order valence-corrected chi connectivity index (χ3v) is 5.07. The molecular formula is C17H24N4OS. The van der Waals surface area contributed by atoms with E-state index in [1.165, 1.54) is 5.56 Å². The Morgan fingerprint density at radius 1 is 1.30 bits per heavy atom. The van der Waals surface area contributed by atoms with Crippen LogP contribution in [0.1, 0.15) is 30.3 Å². The molecule has 23 heavy (non-hydrogen) atoms. The first-order chi connectivity index (χ1) is 11.2. The standard InChI is InChI=1S/C17H24N4OS/c1-13(2)16-19-20-17(23-16)18-10-15-12-21(8-9-22-15)11-14-6-4-3-5-7-14/h3-7,13,15H,8-12H2,1-2H3,(H,18,20). The van der Waals surface area contributed by atoms with E-state index in [2.05, 4.69) is 64.6 Å². The summed E-state index contributed by atoms with van der Waals surface area (Å²) in [6.45, 7) is 8.74. The number of anilines is 1. The lowest BCUT2D eigenvalue weighted by molar-refractivity contribution is -0.0240. The number of hydrogen-bond donors (Lipinski definition) is 1. The van der Waals surface area contributed by atoms with Crippen molar-refractivity contribution in [2.24, 2.45) is 0 Å². The van der Waals surface area contributed by atoms with Gasteiger partial charge in [-0.3, -0.25) is 4.90 Å². The third-order valence-electron chi connectivity index (χ3n) is 3.89. The SMILES string of the molecule is CC(C)c1nnc(NCC2CN(Cc3ccccc3)CCO2)s1. The molecule has 2 aromatic rings. The molecule has 0 aliphatic carbocycles. The van der Waals surface area contributed by atoms with Gasteiger partial charge in [0.25, 0.3) is 0 Å². The molecule has 1 aromatic carbocycles. The molecule has 1 atom stereocenters. The largest absolute Gasteiger partial charge is 0.374 e. The van der Waals surface area contributed by atoms with Gasteiger partial charge in [-0.05, 0) is 5.56 Å². The number of morpholine rings is 1. The minimum Gasteiger partial charge on any atom is -0.374 e. The second kappa shape index (κ2) is 7.86. The first kappa shape index (κ1) is 16.4. The molecule has 1 aliphatic heterocycles. The Labute approximate surface area is 141 Å². The van der Waals surface area contributed by atoms with Crippen molar-refractivity contribution in [3.63, 3.8) is 0 Å². The Hall–Kier alpha value is -1.50. The Kier molecular flexibility index (Phi) is 5.59. The summed E-state index contributed by atoms with van der Waals surface area (Å²) in [5.74, 6) is 0.426. The van der Waals surface area contributed by atoms with Crippen LogP contribution in [0.15, 0.2) is 30.3 Å². The molecule has 0 radical (unpaired) electrons. The van der Waals surface area contributed by atoms with E-state index in [0.717, 1.165) is 42.9 Å². The first-order valence-electron chi connectivity index (χ1n) is 8.16. The Morgan fingerprint density at radius 2 is 2.13 bits per heavy atom. The van der Waals surface area contributed by atoms with Crippen molar-refractivity contribution in [1.82, 2.24) is 15.1 Å². The van der Waals surface area contributed by atoms with Crippen LogP contribution in [-0.4, -0.2) is 47.4 Å². The number of nitrogens with one attached hydrogen (secondary N) is 1. The Morgan fingerprint density at radius 3 is 2.87 bits per heavy atom. The normalized spacial score (nSPS) is 19.2. The molecule has 0 bridgehead atoms. The van der Waals surface area contributed by atoms with Gasteiger partial charge in [-0.1, -0.05) is 55.5 Å². The second-order valence-electron chi connectivity index (χ2n) is 6.19. The Bertz CT molecular complexity index is 602. The highest BCUT2D eigenvalue weighted by molar-refractivity contribution is 7.15. The smallest absolute Gasteiger partial charge is 0.205 e. The van der Waals surface area contributed by atoms with Gasteiger partial charge in [0.2, 0.25) is 5.13 Å². The van der Waals surface area contributed by atoms with Crippen LogP contribution in [0.2, 0.25) is 0 Å². The van der Waals surface area contributed by atoms with Crippen LogP contribution in [0.3, 0.4) is 0 Å². The van der Waals surface area contributed by atoms with E-state index >= 15 is 0 Å². The van der Waals surface area contributed by atoms with Crippen molar-refractivity contribution in [1.29, 1.82) is 0 Å². The number of rotatable bonds is 6. The monoisotopic (exact) mass is 332 g/mol. The van der Waals surface area contributed by atoms with Crippen LogP contribution in [-0.2, 0) is 11.3 Å². The maximum atomic E-state index is 5.87. The quantitative estimate of drug-likeness (QED) is 0.881. The van der Waals surface area contributed by atoms with Gasteiger partial charge in [0.15, 0.2) is 0 Å². The van der Waals surface area contributed by atoms with Crippen LogP contribution in [0.25, 0.3) is 0 Å². The van der Waals surface area contributed by atoms with Crippen molar-refractivity contribution in [2.75, 3.05) is 31.6 Å². The van der Waals surface area contributed by atoms with Crippen LogP contribution < -0.4 is 5.32 Å². The number of aromatic nitrogens is 2. The van der Waals surface area contributed by atoms with Gasteiger partial charge in [0.05, 0.1) is 12.7 Å².